The molecule has 0 spiro atoms. The molecular weight excluding hydrogens is 302 g/mol. The molecule has 0 aliphatic carbocycles. The number of hydrogen-bond donors (Lipinski definition) is 0. The number of hydrogen-bond acceptors (Lipinski definition) is 4. The highest BCUT2D eigenvalue weighted by Crippen LogP contribution is 2.15. The molecule has 0 aromatic heterocycles. The van der Waals surface area contributed by atoms with Crippen molar-refractivity contribution in [2.24, 2.45) is 0 Å². The molecule has 4 nitrogen and oxygen atoms in total. The first kappa shape index (κ1) is 15.9. The van der Waals surface area contributed by atoms with Gasteiger partial charge >= 0.3 is 5.97 Å². The molecule has 0 heterocycles. The summed E-state index contributed by atoms with van der Waals surface area (Å²) in [5.41, 5.74) is 1.38. The lowest BCUT2D eigenvalue weighted by Crippen LogP contribution is -2.26. The number of benzene rings is 2. The van der Waals surface area contributed by atoms with E-state index in [1.807, 2.05) is 6.07 Å². The molecule has 0 radical (unpaired) electrons. The maximum absolute atomic E-state index is 11.9. The van der Waals surface area contributed by atoms with Crippen LogP contribution in [0, 0.1) is 11.3 Å². The molecule has 112 valence electrons. The van der Waals surface area contributed by atoms with Crippen LogP contribution >= 0.6 is 11.6 Å². The van der Waals surface area contributed by atoms with Gasteiger partial charge in [0, 0.05) is 5.02 Å². The van der Waals surface area contributed by atoms with Crippen molar-refractivity contribution in [2.75, 3.05) is 0 Å². The minimum atomic E-state index is -0.736. The lowest BCUT2D eigenvalue weighted by molar-refractivity contribution is -0.152. The van der Waals surface area contributed by atoms with Crippen LogP contribution in [0.3, 0.4) is 0 Å². The van der Waals surface area contributed by atoms with Crippen molar-refractivity contribution >= 4 is 17.6 Å². The third kappa shape index (κ3) is 4.51. The second-order valence-electron chi connectivity index (χ2n) is 4.63. The summed E-state index contributed by atoms with van der Waals surface area (Å²) in [4.78, 5) is 11.9. The smallest absolute Gasteiger partial charge is 0.347 e. The molecule has 2 aromatic carbocycles. The minimum Gasteiger partial charge on any atom is -0.479 e. The Bertz CT molecular complexity index is 675. The molecule has 2 rings (SSSR count). The molecule has 0 aliphatic rings. The summed E-state index contributed by atoms with van der Waals surface area (Å²) in [6, 6.07) is 15.6. The number of nitrogens with zero attached hydrogens (tertiary/aromatic N) is 1. The lowest BCUT2D eigenvalue weighted by Gasteiger charge is -2.14. The van der Waals surface area contributed by atoms with Crippen LogP contribution in [0.5, 0.6) is 5.75 Å². The average molecular weight is 316 g/mol. The molecule has 0 bridgehead atoms. The van der Waals surface area contributed by atoms with Gasteiger partial charge in [-0.1, -0.05) is 23.7 Å². The minimum absolute atomic E-state index is 0.164. The van der Waals surface area contributed by atoms with Gasteiger partial charge in [0.1, 0.15) is 12.4 Å². The van der Waals surface area contributed by atoms with E-state index in [2.05, 4.69) is 0 Å². The number of nitriles is 1. The molecule has 0 saturated heterocycles. The summed E-state index contributed by atoms with van der Waals surface area (Å²) in [7, 11) is 0. The van der Waals surface area contributed by atoms with E-state index in [1.165, 1.54) is 0 Å². The summed E-state index contributed by atoms with van der Waals surface area (Å²) in [6.07, 6.45) is -0.736. The monoisotopic (exact) mass is 315 g/mol. The Labute approximate surface area is 133 Å². The first-order chi connectivity index (χ1) is 10.6. The fraction of sp³-hybridized carbons (Fsp3) is 0.176. The van der Waals surface area contributed by atoms with Crippen molar-refractivity contribution < 1.29 is 14.3 Å². The lowest BCUT2D eigenvalue weighted by atomic mass is 10.2. The maximum Gasteiger partial charge on any atom is 0.347 e. The topological polar surface area (TPSA) is 59.3 Å². The van der Waals surface area contributed by atoms with Crippen molar-refractivity contribution in [3.05, 3.63) is 64.7 Å². The van der Waals surface area contributed by atoms with Gasteiger partial charge in [0.2, 0.25) is 0 Å². The molecule has 22 heavy (non-hydrogen) atoms. The van der Waals surface area contributed by atoms with Crippen LogP contribution in [0.2, 0.25) is 5.02 Å². The van der Waals surface area contributed by atoms with Crippen LogP contribution in [0.25, 0.3) is 0 Å². The van der Waals surface area contributed by atoms with Crippen LogP contribution in [0.15, 0.2) is 48.5 Å². The van der Waals surface area contributed by atoms with Crippen LogP contribution in [0.1, 0.15) is 18.1 Å². The van der Waals surface area contributed by atoms with E-state index in [0.717, 1.165) is 5.56 Å². The summed E-state index contributed by atoms with van der Waals surface area (Å²) in [5, 5.41) is 9.35. The van der Waals surface area contributed by atoms with Gasteiger partial charge in [0.15, 0.2) is 6.10 Å². The van der Waals surface area contributed by atoms with E-state index in [9.17, 15) is 4.79 Å². The highest BCUT2D eigenvalue weighted by Gasteiger charge is 2.16. The number of esters is 1. The van der Waals surface area contributed by atoms with E-state index >= 15 is 0 Å². The Morgan fingerprint density at radius 2 is 1.82 bits per heavy atom. The first-order valence-electron chi connectivity index (χ1n) is 6.66. The molecule has 5 heteroatoms. The van der Waals surface area contributed by atoms with Gasteiger partial charge in [0.25, 0.3) is 0 Å². The maximum atomic E-state index is 11.9. The zero-order valence-electron chi connectivity index (χ0n) is 12.0. The first-order valence-corrected chi connectivity index (χ1v) is 7.04. The van der Waals surface area contributed by atoms with Crippen LogP contribution < -0.4 is 4.74 Å². The van der Waals surface area contributed by atoms with E-state index in [-0.39, 0.29) is 6.61 Å². The average Bonchev–Trinajstić information content (AvgIpc) is 2.54. The van der Waals surface area contributed by atoms with Gasteiger partial charge in [0.05, 0.1) is 11.6 Å². The van der Waals surface area contributed by atoms with Crippen molar-refractivity contribution in [1.82, 2.24) is 0 Å². The normalized spacial score (nSPS) is 11.3. The van der Waals surface area contributed by atoms with E-state index in [0.29, 0.717) is 16.3 Å². The van der Waals surface area contributed by atoms with Crippen molar-refractivity contribution in [3.63, 3.8) is 0 Å². The zero-order valence-corrected chi connectivity index (χ0v) is 12.7. The summed E-state index contributed by atoms with van der Waals surface area (Å²) in [6.45, 7) is 1.78. The predicted octanol–water partition coefficient (Wildman–Crippen LogP) is 3.72. The molecule has 0 fully saturated rings. The molecule has 0 N–H and O–H groups in total. The Morgan fingerprint density at radius 3 is 2.41 bits per heavy atom. The van der Waals surface area contributed by atoms with Gasteiger partial charge in [-0.25, -0.2) is 4.79 Å². The highest BCUT2D eigenvalue weighted by molar-refractivity contribution is 6.30. The summed E-state index contributed by atoms with van der Waals surface area (Å²) in [5.74, 6) is 0.0502. The fourth-order valence-corrected chi connectivity index (χ4v) is 1.84. The van der Waals surface area contributed by atoms with Crippen molar-refractivity contribution in [1.29, 1.82) is 5.26 Å². The fourth-order valence-electron chi connectivity index (χ4n) is 1.71. The predicted molar refractivity (Wildman–Crippen MR) is 82.5 cm³/mol. The Morgan fingerprint density at radius 1 is 1.18 bits per heavy atom. The van der Waals surface area contributed by atoms with Gasteiger partial charge in [-0.3, -0.25) is 0 Å². The molecule has 0 unspecified atom stereocenters. The Kier molecular flexibility index (Phi) is 5.40. The van der Waals surface area contributed by atoms with Gasteiger partial charge in [-0.15, -0.1) is 0 Å². The third-order valence-electron chi connectivity index (χ3n) is 2.92. The molecule has 0 amide bonds. The standard InChI is InChI=1S/C17H14ClNO3/c1-12(22-16-8-4-13(10-19)5-9-16)17(20)21-11-14-2-6-15(18)7-3-14/h2-9,12H,11H2,1H3/t12-/m0/s1. The van der Waals surface area contributed by atoms with E-state index < -0.39 is 12.1 Å². The van der Waals surface area contributed by atoms with Gasteiger partial charge in [-0.05, 0) is 48.9 Å². The molecular formula is C17H14ClNO3. The van der Waals surface area contributed by atoms with Crippen molar-refractivity contribution in [3.8, 4) is 11.8 Å². The molecule has 1 atom stereocenters. The molecule has 0 aliphatic heterocycles. The van der Waals surface area contributed by atoms with Gasteiger partial charge < -0.3 is 9.47 Å². The second kappa shape index (κ2) is 7.48. The molecule has 0 saturated carbocycles. The largest absolute Gasteiger partial charge is 0.479 e. The molecule has 2 aromatic rings. The van der Waals surface area contributed by atoms with Crippen molar-refractivity contribution in [2.45, 2.75) is 19.6 Å². The Balaban J connectivity index is 1.86. The van der Waals surface area contributed by atoms with Crippen LogP contribution in [-0.2, 0) is 16.1 Å². The van der Waals surface area contributed by atoms with E-state index in [4.69, 9.17) is 26.3 Å². The number of halogens is 1. The zero-order chi connectivity index (χ0) is 15.9. The number of rotatable bonds is 5. The number of carbonyl (C=O) groups excluding carboxylic acids is 1. The summed E-state index contributed by atoms with van der Waals surface area (Å²) < 4.78 is 10.7. The Hall–Kier alpha value is -2.51. The number of carbonyl (C=O) groups is 1. The quantitative estimate of drug-likeness (QED) is 0.789. The summed E-state index contributed by atoms with van der Waals surface area (Å²) >= 11 is 5.79. The van der Waals surface area contributed by atoms with E-state index in [1.54, 1.807) is 55.5 Å². The van der Waals surface area contributed by atoms with Crippen LogP contribution in [-0.4, -0.2) is 12.1 Å². The highest BCUT2D eigenvalue weighted by atomic mass is 35.5. The number of ether oxygens (including phenoxy) is 2. The second-order valence-corrected chi connectivity index (χ2v) is 5.07. The third-order valence-corrected chi connectivity index (χ3v) is 3.17. The SMILES string of the molecule is C[C@H](Oc1ccc(C#N)cc1)C(=O)OCc1ccc(Cl)cc1. The van der Waals surface area contributed by atoms with Crippen LogP contribution in [0.4, 0.5) is 0 Å². The van der Waals surface area contributed by atoms with Gasteiger partial charge in [-0.2, -0.15) is 5.26 Å².